The van der Waals surface area contributed by atoms with E-state index in [4.69, 9.17) is 5.11 Å². The molecule has 2 aromatic rings. The summed E-state index contributed by atoms with van der Waals surface area (Å²) in [4.78, 5) is 10.8. The van der Waals surface area contributed by atoms with Gasteiger partial charge in [-0.2, -0.15) is 10.2 Å². The predicted octanol–water partition coefficient (Wildman–Crippen LogP) is 0.980. The molecule has 0 aromatic carbocycles. The average Bonchev–Trinajstić information content (AvgIpc) is 2.73. The van der Waals surface area contributed by atoms with Gasteiger partial charge in [-0.15, -0.1) is 0 Å². The molecule has 0 aliphatic heterocycles. The Balaban J connectivity index is 2.26. The molecule has 0 saturated heterocycles. The van der Waals surface area contributed by atoms with Crippen LogP contribution in [0, 0.1) is 13.8 Å². The molecule has 17 heavy (non-hydrogen) atoms. The molecule has 0 unspecified atom stereocenters. The van der Waals surface area contributed by atoms with Crippen LogP contribution in [0.4, 0.5) is 0 Å². The Morgan fingerprint density at radius 3 is 2.47 bits per heavy atom. The van der Waals surface area contributed by atoms with Gasteiger partial charge in [0.15, 0.2) is 5.69 Å². The first-order chi connectivity index (χ1) is 7.97. The van der Waals surface area contributed by atoms with Gasteiger partial charge >= 0.3 is 5.97 Å². The normalized spacial score (nSPS) is 10.8. The number of hydrogen-bond donors (Lipinski definition) is 1. The number of aromatic carboxylic acids is 1. The lowest BCUT2D eigenvalue weighted by Gasteiger charge is -2.00. The Hall–Kier alpha value is -2.11. The highest BCUT2D eigenvalue weighted by molar-refractivity contribution is 5.85. The molecule has 0 aliphatic rings. The van der Waals surface area contributed by atoms with E-state index in [2.05, 4.69) is 10.2 Å². The summed E-state index contributed by atoms with van der Waals surface area (Å²) in [6.45, 7) is 4.28. The van der Waals surface area contributed by atoms with E-state index in [0.717, 1.165) is 17.1 Å². The van der Waals surface area contributed by atoms with Crippen LogP contribution in [-0.4, -0.2) is 30.6 Å². The van der Waals surface area contributed by atoms with E-state index < -0.39 is 5.97 Å². The lowest BCUT2D eigenvalue weighted by atomic mass is 10.3. The zero-order valence-corrected chi connectivity index (χ0v) is 10.0. The summed E-state index contributed by atoms with van der Waals surface area (Å²) in [7, 11) is 1.87. The molecule has 2 heterocycles. The highest BCUT2D eigenvalue weighted by Crippen LogP contribution is 2.08. The second-order valence-corrected chi connectivity index (χ2v) is 4.03. The highest BCUT2D eigenvalue weighted by atomic mass is 16.4. The summed E-state index contributed by atoms with van der Waals surface area (Å²) in [6, 6.07) is 3.51. The van der Waals surface area contributed by atoms with E-state index in [-0.39, 0.29) is 5.69 Å². The zero-order valence-electron chi connectivity index (χ0n) is 10.0. The van der Waals surface area contributed by atoms with Gasteiger partial charge in [-0.05, 0) is 26.0 Å². The molecule has 1 N–H and O–H groups in total. The molecular formula is C11H14N4O2. The van der Waals surface area contributed by atoms with Gasteiger partial charge in [-0.1, -0.05) is 0 Å². The molecule has 0 bridgehead atoms. The van der Waals surface area contributed by atoms with Crippen LogP contribution in [0.2, 0.25) is 0 Å². The van der Waals surface area contributed by atoms with Crippen LogP contribution >= 0.6 is 0 Å². The minimum Gasteiger partial charge on any atom is -0.476 e. The average molecular weight is 234 g/mol. The molecule has 0 fully saturated rings. The van der Waals surface area contributed by atoms with Gasteiger partial charge in [0.05, 0.1) is 12.2 Å². The van der Waals surface area contributed by atoms with Crippen LogP contribution in [0.15, 0.2) is 12.1 Å². The van der Waals surface area contributed by atoms with Crippen molar-refractivity contribution < 1.29 is 9.90 Å². The monoisotopic (exact) mass is 234 g/mol. The fourth-order valence-corrected chi connectivity index (χ4v) is 1.64. The van der Waals surface area contributed by atoms with Gasteiger partial charge in [-0.3, -0.25) is 9.36 Å². The van der Waals surface area contributed by atoms with Gasteiger partial charge < -0.3 is 5.11 Å². The molecule has 2 rings (SSSR count). The smallest absolute Gasteiger partial charge is 0.356 e. The second kappa shape index (κ2) is 4.04. The molecular weight excluding hydrogens is 220 g/mol. The van der Waals surface area contributed by atoms with Crippen molar-refractivity contribution in [1.29, 1.82) is 0 Å². The molecule has 2 aromatic heterocycles. The second-order valence-electron chi connectivity index (χ2n) is 4.03. The molecule has 0 radical (unpaired) electrons. The van der Waals surface area contributed by atoms with Gasteiger partial charge in [0.2, 0.25) is 0 Å². The Kier molecular flexibility index (Phi) is 2.71. The molecule has 90 valence electrons. The lowest BCUT2D eigenvalue weighted by Crippen LogP contribution is -2.06. The fourth-order valence-electron chi connectivity index (χ4n) is 1.64. The van der Waals surface area contributed by atoms with Crippen molar-refractivity contribution in [2.24, 2.45) is 7.05 Å². The van der Waals surface area contributed by atoms with Crippen molar-refractivity contribution in [2.75, 3.05) is 0 Å². The summed E-state index contributed by atoms with van der Waals surface area (Å²) >= 11 is 0. The van der Waals surface area contributed by atoms with Crippen LogP contribution in [0.1, 0.15) is 27.6 Å². The van der Waals surface area contributed by atoms with Crippen molar-refractivity contribution >= 4 is 5.97 Å². The van der Waals surface area contributed by atoms with Crippen molar-refractivity contribution in [3.05, 3.63) is 34.9 Å². The third-order valence-electron chi connectivity index (χ3n) is 2.68. The molecule has 6 heteroatoms. The molecule has 0 atom stereocenters. The summed E-state index contributed by atoms with van der Waals surface area (Å²) < 4.78 is 3.43. The third kappa shape index (κ3) is 2.20. The van der Waals surface area contributed by atoms with Gasteiger partial charge in [0.1, 0.15) is 0 Å². The SMILES string of the molecule is Cc1cc(Cn2nc(C(=O)O)cc2C)nn1C. The van der Waals surface area contributed by atoms with Crippen molar-refractivity contribution in [3.63, 3.8) is 0 Å². The number of carboxylic acids is 1. The standard InChI is InChI=1S/C11H14N4O2/c1-7-4-9(12-14(7)3)6-15-8(2)5-10(13-15)11(16)17/h4-5H,6H2,1-3H3,(H,16,17). The van der Waals surface area contributed by atoms with Crippen molar-refractivity contribution in [1.82, 2.24) is 19.6 Å². The minimum atomic E-state index is -1.01. The summed E-state index contributed by atoms with van der Waals surface area (Å²) in [5.74, 6) is -1.01. The summed E-state index contributed by atoms with van der Waals surface area (Å²) in [6.07, 6.45) is 0. The molecule has 0 spiro atoms. The highest BCUT2D eigenvalue weighted by Gasteiger charge is 2.11. The summed E-state index contributed by atoms with van der Waals surface area (Å²) in [5.41, 5.74) is 2.80. The Morgan fingerprint density at radius 1 is 1.29 bits per heavy atom. The Labute approximate surface area is 98.5 Å². The van der Waals surface area contributed by atoms with E-state index >= 15 is 0 Å². The number of rotatable bonds is 3. The lowest BCUT2D eigenvalue weighted by molar-refractivity contribution is 0.0689. The van der Waals surface area contributed by atoms with Crippen LogP contribution < -0.4 is 0 Å². The topological polar surface area (TPSA) is 72.9 Å². The number of aromatic nitrogens is 4. The zero-order chi connectivity index (χ0) is 12.6. The quantitative estimate of drug-likeness (QED) is 0.859. The first kappa shape index (κ1) is 11.4. The van der Waals surface area contributed by atoms with E-state index in [9.17, 15) is 4.79 Å². The fraction of sp³-hybridized carbons (Fsp3) is 0.364. The van der Waals surface area contributed by atoms with Crippen molar-refractivity contribution in [3.8, 4) is 0 Å². The van der Waals surface area contributed by atoms with E-state index in [1.54, 1.807) is 15.4 Å². The number of carbonyl (C=O) groups is 1. The van der Waals surface area contributed by atoms with Gasteiger partial charge in [-0.25, -0.2) is 4.79 Å². The predicted molar refractivity (Wildman–Crippen MR) is 61.0 cm³/mol. The largest absolute Gasteiger partial charge is 0.476 e. The molecule has 0 saturated carbocycles. The maximum absolute atomic E-state index is 10.8. The van der Waals surface area contributed by atoms with Gasteiger partial charge in [0.25, 0.3) is 0 Å². The van der Waals surface area contributed by atoms with E-state index in [1.165, 1.54) is 0 Å². The van der Waals surface area contributed by atoms with E-state index in [0.29, 0.717) is 6.54 Å². The molecule has 6 nitrogen and oxygen atoms in total. The molecule has 0 amide bonds. The number of nitrogens with zero attached hydrogens (tertiary/aromatic N) is 4. The van der Waals surface area contributed by atoms with Crippen LogP contribution in [-0.2, 0) is 13.6 Å². The van der Waals surface area contributed by atoms with Crippen LogP contribution in [0.3, 0.4) is 0 Å². The minimum absolute atomic E-state index is 0.0650. The number of hydrogen-bond acceptors (Lipinski definition) is 3. The first-order valence-electron chi connectivity index (χ1n) is 5.24. The maximum Gasteiger partial charge on any atom is 0.356 e. The Bertz CT molecular complexity index is 549. The van der Waals surface area contributed by atoms with Crippen LogP contribution in [0.5, 0.6) is 0 Å². The Morgan fingerprint density at radius 2 is 2.00 bits per heavy atom. The van der Waals surface area contributed by atoms with Crippen molar-refractivity contribution in [2.45, 2.75) is 20.4 Å². The molecule has 0 aliphatic carbocycles. The number of aryl methyl sites for hydroxylation is 3. The van der Waals surface area contributed by atoms with Crippen LogP contribution in [0.25, 0.3) is 0 Å². The van der Waals surface area contributed by atoms with E-state index in [1.807, 2.05) is 27.0 Å². The third-order valence-corrected chi connectivity index (χ3v) is 2.68. The van der Waals surface area contributed by atoms with Gasteiger partial charge in [0, 0.05) is 18.4 Å². The number of carboxylic acid groups (broad SMARTS) is 1. The maximum atomic E-state index is 10.8. The first-order valence-corrected chi connectivity index (χ1v) is 5.24. The summed E-state index contributed by atoms with van der Waals surface area (Å²) in [5, 5.41) is 17.2.